The summed E-state index contributed by atoms with van der Waals surface area (Å²) in [5.41, 5.74) is 1.30. The van der Waals surface area contributed by atoms with Crippen LogP contribution in [-0.4, -0.2) is 57.1 Å². The van der Waals surface area contributed by atoms with E-state index in [9.17, 15) is 13.2 Å². The van der Waals surface area contributed by atoms with Gasteiger partial charge in [-0.15, -0.1) is 0 Å². The molecule has 1 heterocycles. The van der Waals surface area contributed by atoms with Gasteiger partial charge >= 0.3 is 0 Å². The Labute approximate surface area is 234 Å². The van der Waals surface area contributed by atoms with Gasteiger partial charge in [-0.05, 0) is 61.0 Å². The van der Waals surface area contributed by atoms with Gasteiger partial charge in [0.15, 0.2) is 0 Å². The topological polar surface area (TPSA) is 134 Å². The van der Waals surface area contributed by atoms with Crippen molar-refractivity contribution in [2.24, 2.45) is 0 Å². The number of carbonyl (C=O) groups excluding carboxylic acids is 1. The molecule has 0 aliphatic heterocycles. The number of anilines is 1. The van der Waals surface area contributed by atoms with E-state index in [1.165, 1.54) is 6.20 Å². The van der Waals surface area contributed by atoms with Crippen molar-refractivity contribution in [3.63, 3.8) is 0 Å². The Hall–Kier alpha value is -3.25. The largest absolute Gasteiger partial charge is 0.496 e. The summed E-state index contributed by atoms with van der Waals surface area (Å²) in [4.78, 5) is 20.8. The normalized spacial score (nSPS) is 19.3. The standard InChI is InChI=1S/C27H33ClN6O4S/c1-38-23-10-6-5-9-22(23)25(35)31-19-27(20-7-3-2-4-8-20)14-11-21(12-15-27)34-39(36,37)32-18-17-29-24-13-16-30-26(28)33-24/h2-10,13,16,21,32,34H,11-12,14-15,17-19H2,1H3,(H,31,35)(H,29,30,33). The van der Waals surface area contributed by atoms with Gasteiger partial charge in [0.25, 0.3) is 16.1 Å². The van der Waals surface area contributed by atoms with E-state index in [0.717, 1.165) is 5.56 Å². The maximum atomic E-state index is 13.0. The molecule has 0 spiro atoms. The highest BCUT2D eigenvalue weighted by Gasteiger charge is 2.38. The highest BCUT2D eigenvalue weighted by Crippen LogP contribution is 2.39. The van der Waals surface area contributed by atoms with Crippen molar-refractivity contribution < 1.29 is 17.9 Å². The number of rotatable bonds is 12. The van der Waals surface area contributed by atoms with Crippen LogP contribution in [0, 0.1) is 0 Å². The molecule has 1 aliphatic rings. The number of methoxy groups -OCH3 is 1. The van der Waals surface area contributed by atoms with Gasteiger partial charge in [-0.1, -0.05) is 42.5 Å². The van der Waals surface area contributed by atoms with Crippen LogP contribution in [0.5, 0.6) is 5.75 Å². The summed E-state index contributed by atoms with van der Waals surface area (Å²) in [6.45, 7) is 0.943. The minimum absolute atomic E-state index is 0.116. The number of nitrogens with zero attached hydrogens (tertiary/aromatic N) is 2. The molecule has 1 saturated carbocycles. The van der Waals surface area contributed by atoms with E-state index < -0.39 is 10.2 Å². The number of amides is 1. The highest BCUT2D eigenvalue weighted by molar-refractivity contribution is 7.87. The molecule has 1 fully saturated rings. The van der Waals surface area contributed by atoms with E-state index in [0.29, 0.717) is 55.9 Å². The Kier molecular flexibility index (Phi) is 9.73. The molecule has 10 nitrogen and oxygen atoms in total. The van der Waals surface area contributed by atoms with Gasteiger partial charge in [0.05, 0.1) is 12.7 Å². The molecule has 3 aromatic rings. The molecule has 1 amide bonds. The van der Waals surface area contributed by atoms with Crippen LogP contribution in [0.4, 0.5) is 5.82 Å². The number of nitrogens with one attached hydrogen (secondary N) is 4. The fourth-order valence-electron chi connectivity index (χ4n) is 4.89. The van der Waals surface area contributed by atoms with Crippen LogP contribution < -0.4 is 24.8 Å². The number of benzene rings is 2. The van der Waals surface area contributed by atoms with Crippen LogP contribution in [0.25, 0.3) is 0 Å². The maximum absolute atomic E-state index is 13.0. The summed E-state index contributed by atoms with van der Waals surface area (Å²) in [5.74, 6) is 0.836. The zero-order chi connectivity index (χ0) is 27.7. The monoisotopic (exact) mass is 572 g/mol. The summed E-state index contributed by atoms with van der Waals surface area (Å²) in [5, 5.41) is 6.22. The van der Waals surface area contributed by atoms with E-state index in [2.05, 4.69) is 42.2 Å². The number of halogens is 1. The van der Waals surface area contributed by atoms with Crippen LogP contribution in [-0.2, 0) is 15.6 Å². The molecule has 2 aromatic carbocycles. The van der Waals surface area contributed by atoms with Crippen molar-refractivity contribution in [3.8, 4) is 5.75 Å². The van der Waals surface area contributed by atoms with Crippen LogP contribution in [0.15, 0.2) is 66.9 Å². The van der Waals surface area contributed by atoms with Gasteiger partial charge in [-0.3, -0.25) is 4.79 Å². The number of carbonyl (C=O) groups is 1. The summed E-state index contributed by atoms with van der Waals surface area (Å²) in [6, 6.07) is 18.6. The number of hydrogen-bond donors (Lipinski definition) is 4. The Bertz CT molecular complexity index is 1350. The molecule has 1 aromatic heterocycles. The van der Waals surface area contributed by atoms with Crippen molar-refractivity contribution in [2.75, 3.05) is 32.1 Å². The van der Waals surface area contributed by atoms with Crippen molar-refractivity contribution >= 4 is 33.5 Å². The Morgan fingerprint density at radius 2 is 1.77 bits per heavy atom. The fraction of sp³-hybridized carbons (Fsp3) is 0.370. The Morgan fingerprint density at radius 1 is 1.05 bits per heavy atom. The third kappa shape index (κ3) is 7.89. The van der Waals surface area contributed by atoms with Gasteiger partial charge in [-0.25, -0.2) is 14.7 Å². The van der Waals surface area contributed by atoms with Crippen molar-refractivity contribution in [1.82, 2.24) is 24.7 Å². The molecule has 0 unspecified atom stereocenters. The van der Waals surface area contributed by atoms with E-state index >= 15 is 0 Å². The van der Waals surface area contributed by atoms with Gasteiger partial charge in [0, 0.05) is 37.3 Å². The second-order valence-electron chi connectivity index (χ2n) is 9.46. The minimum Gasteiger partial charge on any atom is -0.496 e. The van der Waals surface area contributed by atoms with Gasteiger partial charge < -0.3 is 15.4 Å². The summed E-state index contributed by atoms with van der Waals surface area (Å²) < 4.78 is 36.0. The zero-order valence-corrected chi connectivity index (χ0v) is 23.3. The number of aromatic nitrogens is 2. The van der Waals surface area contributed by atoms with E-state index in [-0.39, 0.29) is 29.2 Å². The molecule has 0 bridgehead atoms. The first-order valence-electron chi connectivity index (χ1n) is 12.8. The average molecular weight is 573 g/mol. The highest BCUT2D eigenvalue weighted by atomic mass is 35.5. The molecule has 0 saturated heterocycles. The van der Waals surface area contributed by atoms with Crippen molar-refractivity contribution in [3.05, 3.63) is 83.3 Å². The van der Waals surface area contributed by atoms with Gasteiger partial charge in [0.1, 0.15) is 11.6 Å². The van der Waals surface area contributed by atoms with Crippen molar-refractivity contribution in [2.45, 2.75) is 37.1 Å². The second-order valence-corrected chi connectivity index (χ2v) is 11.3. The molecule has 4 N–H and O–H groups in total. The first-order chi connectivity index (χ1) is 18.8. The van der Waals surface area contributed by atoms with Crippen molar-refractivity contribution in [1.29, 1.82) is 0 Å². The average Bonchev–Trinajstić information content (AvgIpc) is 2.95. The molecule has 0 atom stereocenters. The predicted molar refractivity (Wildman–Crippen MR) is 151 cm³/mol. The fourth-order valence-corrected chi connectivity index (χ4v) is 6.17. The lowest BCUT2D eigenvalue weighted by molar-refractivity contribution is 0.0932. The lowest BCUT2D eigenvalue weighted by atomic mass is 9.68. The predicted octanol–water partition coefficient (Wildman–Crippen LogP) is 3.29. The molecule has 12 heteroatoms. The minimum atomic E-state index is -3.70. The Morgan fingerprint density at radius 3 is 2.49 bits per heavy atom. The van der Waals surface area contributed by atoms with Crippen LogP contribution in [0.1, 0.15) is 41.6 Å². The zero-order valence-electron chi connectivity index (χ0n) is 21.7. The molecule has 208 valence electrons. The SMILES string of the molecule is COc1ccccc1C(=O)NCC1(c2ccccc2)CCC(NS(=O)(=O)NCCNc2ccnc(Cl)n2)CC1. The summed E-state index contributed by atoms with van der Waals surface area (Å²) >= 11 is 5.76. The van der Waals surface area contributed by atoms with Gasteiger partial charge in [-0.2, -0.15) is 13.1 Å². The molecule has 1 aliphatic carbocycles. The van der Waals surface area contributed by atoms with Gasteiger partial charge in [0.2, 0.25) is 5.28 Å². The first kappa shape index (κ1) is 28.8. The van der Waals surface area contributed by atoms with Crippen LogP contribution in [0.3, 0.4) is 0 Å². The lowest BCUT2D eigenvalue weighted by Gasteiger charge is -2.41. The van der Waals surface area contributed by atoms with E-state index in [1.54, 1.807) is 31.4 Å². The third-order valence-corrected chi connectivity index (χ3v) is 8.35. The van der Waals surface area contributed by atoms with E-state index in [4.69, 9.17) is 16.3 Å². The quantitative estimate of drug-likeness (QED) is 0.193. The number of ether oxygens (including phenoxy) is 1. The molecule has 39 heavy (non-hydrogen) atoms. The number of para-hydroxylation sites is 1. The maximum Gasteiger partial charge on any atom is 0.277 e. The first-order valence-corrected chi connectivity index (χ1v) is 14.6. The molecular formula is C27H33ClN6O4S. The molecule has 0 radical (unpaired) electrons. The van der Waals surface area contributed by atoms with E-state index in [1.807, 2.05) is 24.3 Å². The Balaban J connectivity index is 1.33. The van der Waals surface area contributed by atoms with Crippen LogP contribution in [0.2, 0.25) is 5.28 Å². The molecular weight excluding hydrogens is 540 g/mol. The number of hydrogen-bond acceptors (Lipinski definition) is 7. The van der Waals surface area contributed by atoms with Crippen LogP contribution >= 0.6 is 11.6 Å². The second kappa shape index (κ2) is 13.2. The molecule has 4 rings (SSSR count). The summed E-state index contributed by atoms with van der Waals surface area (Å²) in [6.07, 6.45) is 4.22. The third-order valence-electron chi connectivity index (χ3n) is 6.94. The smallest absolute Gasteiger partial charge is 0.277 e. The lowest BCUT2D eigenvalue weighted by Crippen LogP contribution is -2.49. The summed E-state index contributed by atoms with van der Waals surface area (Å²) in [7, 11) is -2.16.